The lowest BCUT2D eigenvalue weighted by Crippen LogP contribution is -2.14. The second-order valence-electron chi connectivity index (χ2n) is 6.96. The molecule has 2 aromatic carbocycles. The van der Waals surface area contributed by atoms with Crippen LogP contribution < -0.4 is 5.32 Å². The van der Waals surface area contributed by atoms with E-state index in [9.17, 15) is 14.9 Å². The molecule has 162 valence electrons. The molecule has 0 saturated heterocycles. The van der Waals surface area contributed by atoms with Crippen molar-refractivity contribution in [3.8, 4) is 22.5 Å². The summed E-state index contributed by atoms with van der Waals surface area (Å²) in [5.74, 6) is 0.550. The highest BCUT2D eigenvalue weighted by atomic mass is 32.2. The summed E-state index contributed by atoms with van der Waals surface area (Å²) in [7, 11) is 1.87. The first-order chi connectivity index (χ1) is 15.4. The topological polar surface area (TPSA) is 103 Å². The van der Waals surface area contributed by atoms with E-state index in [2.05, 4.69) is 40.0 Å². The zero-order valence-electron chi connectivity index (χ0n) is 17.3. The average molecular weight is 466 g/mol. The number of carbonyl (C=O) groups is 1. The van der Waals surface area contributed by atoms with Crippen LogP contribution in [0.5, 0.6) is 0 Å². The van der Waals surface area contributed by atoms with Crippen molar-refractivity contribution in [2.45, 2.75) is 12.1 Å². The van der Waals surface area contributed by atoms with Gasteiger partial charge in [-0.2, -0.15) is 0 Å². The van der Waals surface area contributed by atoms with Gasteiger partial charge in [-0.05, 0) is 18.6 Å². The molecule has 32 heavy (non-hydrogen) atoms. The summed E-state index contributed by atoms with van der Waals surface area (Å²) < 4.78 is 1.87. The van der Waals surface area contributed by atoms with Crippen molar-refractivity contribution >= 4 is 40.4 Å². The summed E-state index contributed by atoms with van der Waals surface area (Å²) in [5.41, 5.74) is 3.56. The van der Waals surface area contributed by atoms with Crippen LogP contribution in [0.3, 0.4) is 0 Å². The van der Waals surface area contributed by atoms with Crippen molar-refractivity contribution in [3.05, 3.63) is 75.0 Å². The number of hydrogen-bond donors (Lipinski definition) is 1. The molecule has 2 heterocycles. The van der Waals surface area contributed by atoms with Crippen molar-refractivity contribution in [3.63, 3.8) is 0 Å². The molecule has 0 aliphatic heterocycles. The lowest BCUT2D eigenvalue weighted by atomic mass is 10.0. The third-order valence-electron chi connectivity index (χ3n) is 4.79. The number of anilines is 1. The van der Waals surface area contributed by atoms with Crippen LogP contribution in [0.2, 0.25) is 0 Å². The largest absolute Gasteiger partial charge is 0.325 e. The third kappa shape index (κ3) is 4.56. The summed E-state index contributed by atoms with van der Waals surface area (Å²) in [6.45, 7) is 2.08. The molecule has 0 saturated carbocycles. The van der Waals surface area contributed by atoms with Crippen molar-refractivity contribution in [1.82, 2.24) is 14.8 Å². The normalized spacial score (nSPS) is 10.8. The zero-order chi connectivity index (χ0) is 22.7. The summed E-state index contributed by atoms with van der Waals surface area (Å²) in [4.78, 5) is 23.9. The SMILES string of the molecule is Cc1scc(-c2nnc(SCC(=O)Nc3cccc([N+](=O)[O-])c3)n2C)c1-c1ccccc1. The van der Waals surface area contributed by atoms with Gasteiger partial charge < -0.3 is 9.88 Å². The van der Waals surface area contributed by atoms with Gasteiger partial charge in [-0.25, -0.2) is 0 Å². The van der Waals surface area contributed by atoms with Crippen LogP contribution >= 0.6 is 23.1 Å². The molecule has 0 spiro atoms. The van der Waals surface area contributed by atoms with Crippen molar-refractivity contribution < 1.29 is 9.72 Å². The first-order valence-corrected chi connectivity index (χ1v) is 11.5. The zero-order valence-corrected chi connectivity index (χ0v) is 18.9. The van der Waals surface area contributed by atoms with E-state index < -0.39 is 4.92 Å². The van der Waals surface area contributed by atoms with Gasteiger partial charge in [-0.1, -0.05) is 48.2 Å². The van der Waals surface area contributed by atoms with Crippen LogP contribution in [0.4, 0.5) is 11.4 Å². The molecule has 1 N–H and O–H groups in total. The molecule has 4 rings (SSSR count). The second-order valence-corrected chi connectivity index (χ2v) is 8.98. The lowest BCUT2D eigenvalue weighted by molar-refractivity contribution is -0.384. The highest BCUT2D eigenvalue weighted by Crippen LogP contribution is 2.38. The Hall–Kier alpha value is -3.50. The first kappa shape index (κ1) is 21.7. The Morgan fingerprint density at radius 3 is 2.72 bits per heavy atom. The Morgan fingerprint density at radius 1 is 1.19 bits per heavy atom. The number of thioether (sulfide) groups is 1. The number of benzene rings is 2. The van der Waals surface area contributed by atoms with Crippen LogP contribution in [-0.4, -0.2) is 31.3 Å². The quantitative estimate of drug-likeness (QED) is 0.230. The summed E-state index contributed by atoms with van der Waals surface area (Å²) in [6, 6.07) is 16.0. The molecule has 8 nitrogen and oxygen atoms in total. The molecule has 0 aliphatic rings. The highest BCUT2D eigenvalue weighted by molar-refractivity contribution is 7.99. The predicted molar refractivity (Wildman–Crippen MR) is 127 cm³/mol. The van der Waals surface area contributed by atoms with Crippen LogP contribution in [0.25, 0.3) is 22.5 Å². The number of nitrogens with one attached hydrogen (secondary N) is 1. The van der Waals surface area contributed by atoms with Gasteiger partial charge in [0.15, 0.2) is 11.0 Å². The number of nitrogens with zero attached hydrogens (tertiary/aromatic N) is 4. The Morgan fingerprint density at radius 2 is 1.97 bits per heavy atom. The van der Waals surface area contributed by atoms with E-state index in [-0.39, 0.29) is 17.3 Å². The maximum atomic E-state index is 12.3. The number of nitro groups is 1. The molecule has 0 bridgehead atoms. The van der Waals surface area contributed by atoms with Gasteiger partial charge in [-0.3, -0.25) is 14.9 Å². The minimum atomic E-state index is -0.499. The van der Waals surface area contributed by atoms with Gasteiger partial charge in [0.1, 0.15) is 0 Å². The number of non-ortho nitro benzene ring substituents is 1. The van der Waals surface area contributed by atoms with Crippen LogP contribution in [-0.2, 0) is 11.8 Å². The molecule has 0 aliphatic carbocycles. The standard InChI is InChI=1S/C22H19N5O3S2/c1-14-20(15-7-4-3-5-8-15)18(12-31-14)21-24-25-22(26(21)2)32-13-19(28)23-16-9-6-10-17(11-16)27(29)30/h3-12H,13H2,1-2H3,(H,23,28). The minimum Gasteiger partial charge on any atom is -0.325 e. The second kappa shape index (κ2) is 9.33. The molecule has 2 aromatic heterocycles. The molecule has 1 amide bonds. The number of aromatic nitrogens is 3. The number of thiophene rings is 1. The first-order valence-electron chi connectivity index (χ1n) is 9.64. The smallest absolute Gasteiger partial charge is 0.271 e. The van der Waals surface area contributed by atoms with Crippen molar-refractivity contribution in [2.24, 2.45) is 7.05 Å². The van der Waals surface area contributed by atoms with Gasteiger partial charge in [0, 0.05) is 46.3 Å². The fraction of sp³-hybridized carbons (Fsp3) is 0.136. The number of carbonyl (C=O) groups excluding carboxylic acids is 1. The van der Waals surface area contributed by atoms with Crippen LogP contribution in [0, 0.1) is 17.0 Å². The van der Waals surface area contributed by atoms with Gasteiger partial charge in [0.25, 0.3) is 5.69 Å². The van der Waals surface area contributed by atoms with E-state index in [1.165, 1.54) is 34.8 Å². The number of rotatable bonds is 7. The van der Waals surface area contributed by atoms with E-state index >= 15 is 0 Å². The Bertz CT molecular complexity index is 1280. The Labute approximate surface area is 192 Å². The highest BCUT2D eigenvalue weighted by Gasteiger charge is 2.19. The van der Waals surface area contributed by atoms with E-state index in [0.717, 1.165) is 22.5 Å². The fourth-order valence-electron chi connectivity index (χ4n) is 3.28. The maximum Gasteiger partial charge on any atom is 0.271 e. The van der Waals surface area contributed by atoms with E-state index in [0.29, 0.717) is 10.8 Å². The minimum absolute atomic E-state index is 0.0753. The molecule has 0 radical (unpaired) electrons. The van der Waals surface area contributed by atoms with Gasteiger partial charge in [0.05, 0.1) is 10.7 Å². The third-order valence-corrected chi connectivity index (χ3v) is 6.72. The van der Waals surface area contributed by atoms with E-state index in [1.807, 2.05) is 29.8 Å². The molecule has 0 atom stereocenters. The Balaban J connectivity index is 1.48. The molecular formula is C22H19N5O3S2. The summed E-state index contributed by atoms with van der Waals surface area (Å²) in [6.07, 6.45) is 0. The molecular weight excluding hydrogens is 446 g/mol. The van der Waals surface area contributed by atoms with Gasteiger partial charge in [0.2, 0.25) is 5.91 Å². The van der Waals surface area contributed by atoms with Gasteiger partial charge >= 0.3 is 0 Å². The van der Waals surface area contributed by atoms with E-state index in [1.54, 1.807) is 17.4 Å². The monoisotopic (exact) mass is 465 g/mol. The molecule has 0 unspecified atom stereocenters. The fourth-order valence-corrected chi connectivity index (χ4v) is 4.86. The molecule has 4 aromatic rings. The summed E-state index contributed by atoms with van der Waals surface area (Å²) >= 11 is 2.92. The number of amides is 1. The van der Waals surface area contributed by atoms with Crippen LogP contribution in [0.1, 0.15) is 4.88 Å². The lowest BCUT2D eigenvalue weighted by Gasteiger charge is -2.07. The van der Waals surface area contributed by atoms with Gasteiger partial charge in [-0.15, -0.1) is 21.5 Å². The van der Waals surface area contributed by atoms with Crippen molar-refractivity contribution in [1.29, 1.82) is 0 Å². The number of hydrogen-bond acceptors (Lipinski definition) is 7. The maximum absolute atomic E-state index is 12.3. The van der Waals surface area contributed by atoms with Crippen molar-refractivity contribution in [2.75, 3.05) is 11.1 Å². The average Bonchev–Trinajstić information content (AvgIpc) is 3.35. The number of nitro benzene ring substituents is 1. The molecule has 10 heteroatoms. The Kier molecular flexibility index (Phi) is 6.33. The van der Waals surface area contributed by atoms with Crippen LogP contribution in [0.15, 0.2) is 65.1 Å². The van der Waals surface area contributed by atoms with E-state index in [4.69, 9.17) is 0 Å². The summed E-state index contributed by atoms with van der Waals surface area (Å²) in [5, 5.41) is 24.9. The molecule has 0 fully saturated rings. The predicted octanol–water partition coefficient (Wildman–Crippen LogP) is 5.16. The number of aryl methyl sites for hydroxylation is 1.